The minimum atomic E-state index is -0.292. The van der Waals surface area contributed by atoms with Gasteiger partial charge in [-0.15, -0.1) is 0 Å². The molecule has 2 aromatic heterocycles. The van der Waals surface area contributed by atoms with Crippen LogP contribution >= 0.6 is 0 Å². The van der Waals surface area contributed by atoms with Gasteiger partial charge in [-0.05, 0) is 29.8 Å². The Morgan fingerprint density at radius 3 is 2.62 bits per heavy atom. The molecule has 6 rings (SSSR count). The van der Waals surface area contributed by atoms with E-state index < -0.39 is 0 Å². The maximum atomic E-state index is 13.1. The molecule has 3 heterocycles. The molecule has 2 N–H and O–H groups in total. The molecule has 2 amide bonds. The van der Waals surface area contributed by atoms with E-state index >= 15 is 0 Å². The van der Waals surface area contributed by atoms with Gasteiger partial charge in [0.25, 0.3) is 11.8 Å². The van der Waals surface area contributed by atoms with Crippen molar-refractivity contribution < 1.29 is 18.7 Å². The summed E-state index contributed by atoms with van der Waals surface area (Å²) in [4.78, 5) is 25.7. The quantitative estimate of drug-likeness (QED) is 0.521. The lowest BCUT2D eigenvalue weighted by Gasteiger charge is -2.10. The number of fused-ring (bicyclic) bond motifs is 3. The number of benzene rings is 2. The van der Waals surface area contributed by atoms with Gasteiger partial charge in [-0.25, -0.2) is 0 Å². The fourth-order valence-electron chi connectivity index (χ4n) is 5.01. The Balaban J connectivity index is 1.48. The van der Waals surface area contributed by atoms with Crippen LogP contribution in [0.1, 0.15) is 20.7 Å². The second kappa shape index (κ2) is 6.97. The number of nitrogens with zero attached hydrogens (tertiary/aromatic N) is 1. The summed E-state index contributed by atoms with van der Waals surface area (Å²) in [6.07, 6.45) is 3.69. The van der Waals surface area contributed by atoms with Crippen molar-refractivity contribution in [1.82, 2.24) is 15.2 Å². The van der Waals surface area contributed by atoms with Gasteiger partial charge >= 0.3 is 0 Å². The van der Waals surface area contributed by atoms with E-state index in [1.165, 1.54) is 0 Å². The van der Waals surface area contributed by atoms with Gasteiger partial charge in [-0.3, -0.25) is 9.59 Å². The molecule has 7 heteroatoms. The number of nitrogens with one attached hydrogen (secondary N) is 2. The second-order valence-corrected chi connectivity index (χ2v) is 8.66. The van der Waals surface area contributed by atoms with Crippen LogP contribution in [-0.4, -0.2) is 42.7 Å². The lowest BCUT2D eigenvalue weighted by molar-refractivity contribution is 0.0929. The fourth-order valence-corrected chi connectivity index (χ4v) is 5.01. The van der Waals surface area contributed by atoms with E-state index in [0.717, 1.165) is 27.4 Å². The largest absolute Gasteiger partial charge is 0.463 e. The normalized spacial score (nSPS) is 21.6. The predicted molar refractivity (Wildman–Crippen MR) is 121 cm³/mol. The molecule has 1 saturated heterocycles. The van der Waals surface area contributed by atoms with Crippen molar-refractivity contribution in [3.8, 4) is 11.1 Å². The van der Waals surface area contributed by atoms with Crippen LogP contribution in [0.2, 0.25) is 0 Å². The van der Waals surface area contributed by atoms with Crippen LogP contribution in [0.15, 0.2) is 53.3 Å². The number of amides is 2. The summed E-state index contributed by atoms with van der Waals surface area (Å²) in [5.74, 6) is 0.337. The van der Waals surface area contributed by atoms with E-state index in [-0.39, 0.29) is 17.9 Å². The number of rotatable bonds is 4. The second-order valence-electron chi connectivity index (χ2n) is 8.66. The summed E-state index contributed by atoms with van der Waals surface area (Å²) in [6.45, 7) is 1.40. The number of aryl methyl sites for hydroxylation is 1. The Morgan fingerprint density at radius 2 is 1.84 bits per heavy atom. The summed E-state index contributed by atoms with van der Waals surface area (Å²) in [5.41, 5.74) is 4.22. The number of carbonyl (C=O) groups is 2. The molecule has 0 bridgehead atoms. The number of carbonyl (C=O) groups excluding carboxylic acids is 2. The first kappa shape index (κ1) is 19.1. The van der Waals surface area contributed by atoms with E-state index in [9.17, 15) is 9.59 Å². The van der Waals surface area contributed by atoms with Gasteiger partial charge in [-0.1, -0.05) is 12.1 Å². The van der Waals surface area contributed by atoms with Gasteiger partial charge in [0, 0.05) is 65.6 Å². The zero-order valence-corrected chi connectivity index (χ0v) is 17.8. The lowest BCUT2D eigenvalue weighted by Crippen LogP contribution is -2.30. The topological polar surface area (TPSA) is 85.5 Å². The Morgan fingerprint density at radius 1 is 1.03 bits per heavy atom. The standard InChI is InChI=1S/C25H23N3O4/c1-26-25(30)17-9-13(24(29)27-22-19-10-31-11-20(19)22)8-16-18(12-32-23(16)17)14-4-3-5-21-15(14)6-7-28(21)2/h3-9,12,19-20,22H,10-11H2,1-2H3,(H,26,30)(H,27,29)/t19-,20?,22?/m1/s1. The van der Waals surface area contributed by atoms with Crippen molar-refractivity contribution in [2.75, 3.05) is 20.3 Å². The van der Waals surface area contributed by atoms with Crippen molar-refractivity contribution in [2.45, 2.75) is 6.04 Å². The molecular formula is C25H23N3O4. The predicted octanol–water partition coefficient (Wildman–Crippen LogP) is 3.33. The van der Waals surface area contributed by atoms with Crippen LogP contribution in [-0.2, 0) is 11.8 Å². The smallest absolute Gasteiger partial charge is 0.254 e. The van der Waals surface area contributed by atoms with Gasteiger partial charge in [-0.2, -0.15) is 0 Å². The molecule has 1 aliphatic carbocycles. The Labute approximate surface area is 184 Å². The van der Waals surface area contributed by atoms with Crippen molar-refractivity contribution in [1.29, 1.82) is 0 Å². The van der Waals surface area contributed by atoms with E-state index in [2.05, 4.69) is 27.3 Å². The molecule has 162 valence electrons. The van der Waals surface area contributed by atoms with Crippen molar-refractivity contribution in [3.05, 3.63) is 60.0 Å². The Hall–Kier alpha value is -3.58. The lowest BCUT2D eigenvalue weighted by atomic mass is 9.97. The first-order chi connectivity index (χ1) is 15.6. The summed E-state index contributed by atoms with van der Waals surface area (Å²) in [5, 5.41) is 7.60. The minimum Gasteiger partial charge on any atom is -0.463 e. The van der Waals surface area contributed by atoms with E-state index in [1.807, 2.05) is 31.4 Å². The molecule has 0 spiro atoms. The SMILES string of the molecule is CNC(=O)c1cc(C(=O)NC2C3COC[C@H]32)cc2c(-c3cccc4c3ccn4C)coc12. The van der Waals surface area contributed by atoms with Crippen molar-refractivity contribution in [3.63, 3.8) is 0 Å². The highest BCUT2D eigenvalue weighted by molar-refractivity contribution is 6.13. The molecule has 1 aliphatic heterocycles. The fraction of sp³-hybridized carbons (Fsp3) is 0.280. The first-order valence-electron chi connectivity index (χ1n) is 10.8. The summed E-state index contributed by atoms with van der Waals surface area (Å²) in [7, 11) is 3.57. The van der Waals surface area contributed by atoms with E-state index in [4.69, 9.17) is 9.15 Å². The molecule has 0 radical (unpaired) electrons. The number of hydrogen-bond donors (Lipinski definition) is 2. The molecule has 2 fully saturated rings. The third kappa shape index (κ3) is 2.78. The van der Waals surface area contributed by atoms with Gasteiger partial charge in [0.05, 0.1) is 25.0 Å². The van der Waals surface area contributed by atoms with E-state index in [0.29, 0.717) is 41.8 Å². The highest BCUT2D eigenvalue weighted by atomic mass is 16.5. The summed E-state index contributed by atoms with van der Waals surface area (Å²) < 4.78 is 13.4. The molecule has 4 aromatic rings. The maximum Gasteiger partial charge on any atom is 0.254 e. The monoisotopic (exact) mass is 429 g/mol. The van der Waals surface area contributed by atoms with Crippen LogP contribution in [0, 0.1) is 11.8 Å². The van der Waals surface area contributed by atoms with E-state index in [1.54, 1.807) is 19.4 Å². The number of aromatic nitrogens is 1. The molecule has 7 nitrogen and oxygen atoms in total. The highest BCUT2D eigenvalue weighted by Gasteiger charge is 2.54. The number of hydrogen-bond acceptors (Lipinski definition) is 4. The Kier molecular flexibility index (Phi) is 4.16. The number of ether oxygens (including phenoxy) is 1. The average Bonchev–Trinajstić information content (AvgIpc) is 3.27. The molecule has 2 aliphatic rings. The molecule has 32 heavy (non-hydrogen) atoms. The van der Waals surface area contributed by atoms with Crippen LogP contribution < -0.4 is 10.6 Å². The van der Waals surface area contributed by atoms with Crippen molar-refractivity contribution in [2.24, 2.45) is 18.9 Å². The first-order valence-corrected chi connectivity index (χ1v) is 10.8. The van der Waals surface area contributed by atoms with Crippen LogP contribution in [0.4, 0.5) is 0 Å². The van der Waals surface area contributed by atoms with Crippen molar-refractivity contribution >= 4 is 33.7 Å². The third-order valence-corrected chi connectivity index (χ3v) is 6.88. The molecule has 2 unspecified atom stereocenters. The maximum absolute atomic E-state index is 13.1. The molecule has 2 aromatic carbocycles. The average molecular weight is 429 g/mol. The van der Waals surface area contributed by atoms with Gasteiger partial charge in [0.1, 0.15) is 5.58 Å². The third-order valence-electron chi connectivity index (χ3n) is 6.88. The van der Waals surface area contributed by atoms with Gasteiger partial charge in [0.2, 0.25) is 0 Å². The Bertz CT molecular complexity index is 1390. The summed E-state index contributed by atoms with van der Waals surface area (Å²) in [6, 6.07) is 11.7. The van der Waals surface area contributed by atoms with Crippen LogP contribution in [0.3, 0.4) is 0 Å². The minimum absolute atomic E-state index is 0.150. The molecular weight excluding hydrogens is 406 g/mol. The molecule has 3 atom stereocenters. The zero-order valence-electron chi connectivity index (χ0n) is 17.8. The van der Waals surface area contributed by atoms with Gasteiger partial charge < -0.3 is 24.4 Å². The number of furan rings is 1. The zero-order chi connectivity index (χ0) is 22.0. The van der Waals surface area contributed by atoms with Crippen LogP contribution in [0.25, 0.3) is 33.0 Å². The molecule has 1 saturated carbocycles. The van der Waals surface area contributed by atoms with Gasteiger partial charge in [0.15, 0.2) is 0 Å². The van der Waals surface area contributed by atoms with Crippen LogP contribution in [0.5, 0.6) is 0 Å². The summed E-state index contributed by atoms with van der Waals surface area (Å²) >= 11 is 0. The highest BCUT2D eigenvalue weighted by Crippen LogP contribution is 2.44.